The van der Waals surface area contributed by atoms with Crippen LogP contribution in [-0.4, -0.2) is 18.6 Å². The van der Waals surface area contributed by atoms with Gasteiger partial charge in [0.05, 0.1) is 12.8 Å². The molecule has 0 saturated heterocycles. The maximum Gasteiger partial charge on any atom is 0.120 e. The first-order chi connectivity index (χ1) is 10.3. The van der Waals surface area contributed by atoms with Crippen LogP contribution in [0.4, 0.5) is 11.4 Å². The monoisotopic (exact) mass is 298 g/mol. The summed E-state index contributed by atoms with van der Waals surface area (Å²) < 4.78 is 6.56. The largest absolute Gasteiger partial charge is 0.497 e. The van der Waals surface area contributed by atoms with Crippen LogP contribution >= 0.6 is 11.3 Å². The van der Waals surface area contributed by atoms with Crippen LogP contribution in [0.5, 0.6) is 5.75 Å². The van der Waals surface area contributed by atoms with E-state index in [0.717, 1.165) is 18.7 Å². The number of fused-ring (bicyclic) bond motifs is 1. The zero-order valence-electron chi connectivity index (χ0n) is 12.2. The molecule has 3 nitrogen and oxygen atoms in total. The van der Waals surface area contributed by atoms with Crippen LogP contribution in [0.25, 0.3) is 10.1 Å². The van der Waals surface area contributed by atoms with E-state index in [-0.39, 0.29) is 0 Å². The topological polar surface area (TPSA) is 25.4 Å². The summed E-state index contributed by atoms with van der Waals surface area (Å²) in [6.45, 7) is 3.19. The van der Waals surface area contributed by atoms with E-state index in [2.05, 4.69) is 46.5 Å². The van der Waals surface area contributed by atoms with Gasteiger partial charge in [0, 0.05) is 40.1 Å². The van der Waals surface area contributed by atoms with Gasteiger partial charge in [0.15, 0.2) is 0 Å². The van der Waals surface area contributed by atoms with Crippen molar-refractivity contribution < 1.29 is 4.74 Å². The van der Waals surface area contributed by atoms with Gasteiger partial charge in [0.2, 0.25) is 0 Å². The Hall–Kier alpha value is -2.07. The highest BCUT2D eigenvalue weighted by molar-refractivity contribution is 7.17. The second-order valence-corrected chi connectivity index (χ2v) is 5.75. The minimum absolute atomic E-state index is 0.904. The van der Waals surface area contributed by atoms with Crippen molar-refractivity contribution in [2.75, 3.05) is 18.6 Å². The van der Waals surface area contributed by atoms with Gasteiger partial charge < -0.3 is 9.64 Å². The van der Waals surface area contributed by atoms with Crippen LogP contribution in [0.1, 0.15) is 13.3 Å². The summed E-state index contributed by atoms with van der Waals surface area (Å²) in [6.07, 6.45) is 4.78. The molecule has 4 heteroatoms. The number of methoxy groups -OCH3 is 1. The fraction of sp³-hybridized carbons (Fsp3) is 0.235. The fourth-order valence-corrected chi connectivity index (χ4v) is 3.44. The molecule has 0 spiro atoms. The summed E-state index contributed by atoms with van der Waals surface area (Å²) in [5.41, 5.74) is 2.44. The molecule has 3 aromatic rings. The lowest BCUT2D eigenvalue weighted by molar-refractivity contribution is 0.415. The highest BCUT2D eigenvalue weighted by Gasteiger charge is 2.13. The van der Waals surface area contributed by atoms with Gasteiger partial charge in [-0.25, -0.2) is 0 Å². The van der Waals surface area contributed by atoms with Gasteiger partial charge >= 0.3 is 0 Å². The lowest BCUT2D eigenvalue weighted by Crippen LogP contribution is -2.17. The summed E-state index contributed by atoms with van der Waals surface area (Å²) in [5.74, 6) is 0.904. The normalized spacial score (nSPS) is 10.8. The molecule has 1 aromatic carbocycles. The van der Waals surface area contributed by atoms with Crippen LogP contribution in [0.15, 0.2) is 48.1 Å². The SMILES string of the molecule is CCCN(c1ccncc1)c1csc2cc(OC)ccc12. The number of ether oxygens (including phenoxy) is 1. The van der Waals surface area contributed by atoms with Gasteiger partial charge in [-0.05, 0) is 36.8 Å². The smallest absolute Gasteiger partial charge is 0.120 e. The molecular formula is C17H18N2OS. The van der Waals surface area contributed by atoms with Crippen LogP contribution in [0, 0.1) is 0 Å². The standard InChI is InChI=1S/C17H18N2OS/c1-3-10-19(13-6-8-18-9-7-13)16-12-21-17-11-14(20-2)4-5-15(16)17/h4-9,11-12H,3,10H2,1-2H3. The lowest BCUT2D eigenvalue weighted by atomic mass is 10.2. The molecular weight excluding hydrogens is 280 g/mol. The van der Waals surface area contributed by atoms with Crippen LogP contribution in [0.2, 0.25) is 0 Å². The second-order valence-electron chi connectivity index (χ2n) is 4.84. The molecule has 3 rings (SSSR count). The number of benzene rings is 1. The van der Waals surface area contributed by atoms with Gasteiger partial charge in [0.25, 0.3) is 0 Å². The molecule has 2 heterocycles. The van der Waals surface area contributed by atoms with Crippen LogP contribution in [-0.2, 0) is 0 Å². The first kappa shape index (κ1) is 13.9. The van der Waals surface area contributed by atoms with E-state index in [4.69, 9.17) is 4.74 Å². The third-order valence-electron chi connectivity index (χ3n) is 3.47. The van der Waals surface area contributed by atoms with Crippen molar-refractivity contribution in [3.8, 4) is 5.75 Å². The average Bonchev–Trinajstić information content (AvgIpc) is 2.96. The average molecular weight is 298 g/mol. The maximum absolute atomic E-state index is 5.31. The summed E-state index contributed by atoms with van der Waals surface area (Å²) in [4.78, 5) is 6.47. The van der Waals surface area contributed by atoms with Crippen molar-refractivity contribution in [1.82, 2.24) is 4.98 Å². The number of pyridine rings is 1. The van der Waals surface area contributed by atoms with Crippen LogP contribution in [0.3, 0.4) is 0 Å². The van der Waals surface area contributed by atoms with Crippen LogP contribution < -0.4 is 9.64 Å². The predicted octanol–water partition coefficient (Wildman–Crippen LogP) is 4.85. The summed E-state index contributed by atoms with van der Waals surface area (Å²) in [5, 5.41) is 3.49. The fourth-order valence-electron chi connectivity index (χ4n) is 2.47. The quantitative estimate of drug-likeness (QED) is 0.673. The molecule has 0 atom stereocenters. The van der Waals surface area contributed by atoms with E-state index in [1.165, 1.54) is 21.5 Å². The number of anilines is 2. The molecule has 0 aliphatic carbocycles. The first-order valence-electron chi connectivity index (χ1n) is 7.06. The zero-order valence-corrected chi connectivity index (χ0v) is 13.1. The number of aromatic nitrogens is 1. The Morgan fingerprint density at radius 1 is 1.19 bits per heavy atom. The van der Waals surface area contributed by atoms with Crippen molar-refractivity contribution in [1.29, 1.82) is 0 Å². The molecule has 0 unspecified atom stereocenters. The van der Waals surface area contributed by atoms with Crippen molar-refractivity contribution in [2.45, 2.75) is 13.3 Å². The highest BCUT2D eigenvalue weighted by atomic mass is 32.1. The molecule has 0 aliphatic rings. The Balaban J connectivity index is 2.07. The van der Waals surface area contributed by atoms with Gasteiger partial charge in [-0.2, -0.15) is 0 Å². The van der Waals surface area contributed by atoms with Gasteiger partial charge in [-0.15, -0.1) is 11.3 Å². The van der Waals surface area contributed by atoms with Gasteiger partial charge in [-0.1, -0.05) is 6.92 Å². The molecule has 0 fully saturated rings. The maximum atomic E-state index is 5.31. The Morgan fingerprint density at radius 3 is 2.71 bits per heavy atom. The molecule has 21 heavy (non-hydrogen) atoms. The highest BCUT2D eigenvalue weighted by Crippen LogP contribution is 2.38. The Morgan fingerprint density at radius 2 is 2.00 bits per heavy atom. The number of hydrogen-bond donors (Lipinski definition) is 0. The molecule has 2 aromatic heterocycles. The first-order valence-corrected chi connectivity index (χ1v) is 7.94. The summed E-state index contributed by atoms with van der Waals surface area (Å²) >= 11 is 1.76. The van der Waals surface area contributed by atoms with Crippen molar-refractivity contribution in [3.05, 3.63) is 48.1 Å². The van der Waals surface area contributed by atoms with E-state index in [1.807, 2.05) is 18.5 Å². The van der Waals surface area contributed by atoms with E-state index >= 15 is 0 Å². The number of rotatable bonds is 5. The van der Waals surface area contributed by atoms with Crippen molar-refractivity contribution in [2.24, 2.45) is 0 Å². The van der Waals surface area contributed by atoms with Gasteiger partial charge in [-0.3, -0.25) is 4.98 Å². The third kappa shape index (κ3) is 2.72. The lowest BCUT2D eigenvalue weighted by Gasteiger charge is -2.23. The molecule has 0 saturated carbocycles. The number of thiophene rings is 1. The predicted molar refractivity (Wildman–Crippen MR) is 89.9 cm³/mol. The minimum Gasteiger partial charge on any atom is -0.497 e. The molecule has 0 radical (unpaired) electrons. The van der Waals surface area contributed by atoms with E-state index in [1.54, 1.807) is 18.4 Å². The van der Waals surface area contributed by atoms with E-state index in [9.17, 15) is 0 Å². The summed E-state index contributed by atoms with van der Waals surface area (Å²) in [6, 6.07) is 10.4. The van der Waals surface area contributed by atoms with Gasteiger partial charge in [0.1, 0.15) is 5.75 Å². The van der Waals surface area contributed by atoms with Crippen molar-refractivity contribution in [3.63, 3.8) is 0 Å². The number of hydrogen-bond acceptors (Lipinski definition) is 4. The second kappa shape index (κ2) is 6.14. The minimum atomic E-state index is 0.904. The Bertz CT molecular complexity index is 724. The molecule has 0 amide bonds. The summed E-state index contributed by atoms with van der Waals surface area (Å²) in [7, 11) is 1.70. The Labute approximate surface area is 128 Å². The van der Waals surface area contributed by atoms with E-state index < -0.39 is 0 Å². The molecule has 0 aliphatic heterocycles. The zero-order chi connectivity index (χ0) is 14.7. The molecule has 0 bridgehead atoms. The van der Waals surface area contributed by atoms with E-state index in [0.29, 0.717) is 0 Å². The molecule has 0 N–H and O–H groups in total. The Kier molecular flexibility index (Phi) is 4.06. The molecule has 108 valence electrons. The van der Waals surface area contributed by atoms with Crippen molar-refractivity contribution >= 4 is 32.8 Å². The number of nitrogens with zero attached hydrogens (tertiary/aromatic N) is 2. The third-order valence-corrected chi connectivity index (χ3v) is 4.41.